The minimum absolute atomic E-state index is 0.620. The summed E-state index contributed by atoms with van der Waals surface area (Å²) in [6.07, 6.45) is 6.86. The molecule has 118 valence electrons. The second kappa shape index (κ2) is 7.98. The van der Waals surface area contributed by atoms with E-state index in [1.165, 1.54) is 37.7 Å². The molecule has 3 unspecified atom stereocenters. The van der Waals surface area contributed by atoms with E-state index in [1.54, 1.807) is 0 Å². The van der Waals surface area contributed by atoms with Crippen LogP contribution in [0.4, 0.5) is 0 Å². The van der Waals surface area contributed by atoms with Crippen LogP contribution in [0.25, 0.3) is 0 Å². The standard InChI is InChI=1S/C20H33N/c1-5-16(3)19(17-9-7-6-8-10-17)20(21-4)18-13-11-15(2)12-14-18/h6-10,15-16,18-21H,5,11-14H2,1-4H3. The first-order valence-corrected chi connectivity index (χ1v) is 8.89. The quantitative estimate of drug-likeness (QED) is 0.755. The van der Waals surface area contributed by atoms with Crippen LogP contribution >= 0.6 is 0 Å². The van der Waals surface area contributed by atoms with Gasteiger partial charge in [0.05, 0.1) is 0 Å². The molecule has 0 bridgehead atoms. The Morgan fingerprint density at radius 2 is 1.71 bits per heavy atom. The SMILES string of the molecule is CCC(C)C(c1ccccc1)C(NC)C1CCC(C)CC1. The van der Waals surface area contributed by atoms with Crippen LogP contribution in [0.5, 0.6) is 0 Å². The number of hydrogen-bond acceptors (Lipinski definition) is 1. The van der Waals surface area contributed by atoms with Gasteiger partial charge in [-0.3, -0.25) is 0 Å². The number of hydrogen-bond donors (Lipinski definition) is 1. The Balaban J connectivity index is 2.21. The zero-order chi connectivity index (χ0) is 15.2. The van der Waals surface area contributed by atoms with E-state index in [4.69, 9.17) is 0 Å². The fourth-order valence-electron chi connectivity index (χ4n) is 4.17. The molecule has 0 aliphatic heterocycles. The molecule has 1 aliphatic carbocycles. The molecule has 0 amide bonds. The largest absolute Gasteiger partial charge is 0.316 e. The molecule has 0 heterocycles. The summed E-state index contributed by atoms with van der Waals surface area (Å²) < 4.78 is 0. The maximum absolute atomic E-state index is 3.70. The second-order valence-corrected chi connectivity index (χ2v) is 7.16. The summed E-state index contributed by atoms with van der Waals surface area (Å²) in [5.74, 6) is 3.13. The van der Waals surface area contributed by atoms with Crippen LogP contribution < -0.4 is 5.32 Å². The van der Waals surface area contributed by atoms with Crippen LogP contribution in [-0.4, -0.2) is 13.1 Å². The van der Waals surface area contributed by atoms with Gasteiger partial charge < -0.3 is 5.32 Å². The smallest absolute Gasteiger partial charge is 0.0164 e. The Morgan fingerprint density at radius 1 is 1.10 bits per heavy atom. The van der Waals surface area contributed by atoms with Crippen LogP contribution in [0, 0.1) is 17.8 Å². The first-order chi connectivity index (χ1) is 10.2. The van der Waals surface area contributed by atoms with Crippen molar-refractivity contribution in [2.75, 3.05) is 7.05 Å². The highest BCUT2D eigenvalue weighted by molar-refractivity contribution is 5.22. The summed E-state index contributed by atoms with van der Waals surface area (Å²) in [5.41, 5.74) is 1.52. The normalized spacial score (nSPS) is 27.0. The number of benzene rings is 1. The van der Waals surface area contributed by atoms with Gasteiger partial charge in [0.25, 0.3) is 0 Å². The van der Waals surface area contributed by atoms with E-state index in [2.05, 4.69) is 63.5 Å². The monoisotopic (exact) mass is 287 g/mol. The maximum Gasteiger partial charge on any atom is 0.0164 e. The van der Waals surface area contributed by atoms with Crippen molar-refractivity contribution >= 4 is 0 Å². The fourth-order valence-corrected chi connectivity index (χ4v) is 4.17. The van der Waals surface area contributed by atoms with E-state index in [9.17, 15) is 0 Å². The van der Waals surface area contributed by atoms with E-state index in [0.717, 1.165) is 17.8 Å². The molecule has 1 heteroatoms. The molecule has 2 rings (SSSR count). The molecule has 1 nitrogen and oxygen atoms in total. The van der Waals surface area contributed by atoms with E-state index in [-0.39, 0.29) is 0 Å². The summed E-state index contributed by atoms with van der Waals surface area (Å²) in [6.45, 7) is 7.16. The predicted octanol–water partition coefficient (Wildman–Crippen LogP) is 5.23. The topological polar surface area (TPSA) is 12.0 Å². The minimum atomic E-state index is 0.620. The van der Waals surface area contributed by atoms with Crippen molar-refractivity contribution in [3.05, 3.63) is 35.9 Å². The summed E-state index contributed by atoms with van der Waals surface area (Å²) in [5, 5.41) is 3.70. The van der Waals surface area contributed by atoms with Gasteiger partial charge in [-0.1, -0.05) is 70.4 Å². The summed E-state index contributed by atoms with van der Waals surface area (Å²) in [4.78, 5) is 0. The lowest BCUT2D eigenvalue weighted by molar-refractivity contribution is 0.192. The van der Waals surface area contributed by atoms with E-state index in [1.807, 2.05) is 0 Å². The van der Waals surface area contributed by atoms with E-state index >= 15 is 0 Å². The Kier molecular flexibility index (Phi) is 6.29. The summed E-state index contributed by atoms with van der Waals surface area (Å²) in [6, 6.07) is 11.8. The lowest BCUT2D eigenvalue weighted by Gasteiger charge is -2.40. The van der Waals surface area contributed by atoms with Crippen LogP contribution in [0.3, 0.4) is 0 Å². The first-order valence-electron chi connectivity index (χ1n) is 8.89. The maximum atomic E-state index is 3.70. The van der Waals surface area contributed by atoms with Crippen molar-refractivity contribution in [3.63, 3.8) is 0 Å². The zero-order valence-corrected chi connectivity index (χ0v) is 14.3. The van der Waals surface area contributed by atoms with Gasteiger partial charge >= 0.3 is 0 Å². The molecule has 3 atom stereocenters. The third-order valence-electron chi connectivity index (χ3n) is 5.73. The van der Waals surface area contributed by atoms with Crippen molar-refractivity contribution in [1.29, 1.82) is 0 Å². The van der Waals surface area contributed by atoms with Crippen molar-refractivity contribution in [2.24, 2.45) is 17.8 Å². The van der Waals surface area contributed by atoms with Gasteiger partial charge in [-0.05, 0) is 43.2 Å². The van der Waals surface area contributed by atoms with Crippen molar-refractivity contribution in [3.8, 4) is 0 Å². The predicted molar refractivity (Wildman–Crippen MR) is 92.6 cm³/mol. The van der Waals surface area contributed by atoms with Gasteiger partial charge in [0.1, 0.15) is 0 Å². The van der Waals surface area contributed by atoms with Crippen LogP contribution in [0.1, 0.15) is 64.4 Å². The lowest BCUT2D eigenvalue weighted by Crippen LogP contribution is -2.42. The molecule has 1 aliphatic rings. The Bertz CT molecular complexity index is 392. The van der Waals surface area contributed by atoms with Crippen LogP contribution in [0.15, 0.2) is 30.3 Å². The highest BCUT2D eigenvalue weighted by Crippen LogP contribution is 2.39. The third-order valence-corrected chi connectivity index (χ3v) is 5.73. The lowest BCUT2D eigenvalue weighted by atomic mass is 9.70. The van der Waals surface area contributed by atoms with Crippen molar-refractivity contribution in [2.45, 2.75) is 64.8 Å². The fraction of sp³-hybridized carbons (Fsp3) is 0.700. The highest BCUT2D eigenvalue weighted by Gasteiger charge is 2.34. The molecule has 1 aromatic rings. The van der Waals surface area contributed by atoms with Gasteiger partial charge in [0.15, 0.2) is 0 Å². The summed E-state index contributed by atoms with van der Waals surface area (Å²) in [7, 11) is 2.17. The Labute approximate surface area is 131 Å². The van der Waals surface area contributed by atoms with Gasteiger partial charge in [0, 0.05) is 12.0 Å². The molecular weight excluding hydrogens is 254 g/mol. The molecule has 0 saturated heterocycles. The first kappa shape index (κ1) is 16.5. The molecule has 1 saturated carbocycles. The van der Waals surface area contributed by atoms with Gasteiger partial charge in [-0.15, -0.1) is 0 Å². The average Bonchev–Trinajstić information content (AvgIpc) is 2.53. The number of nitrogens with one attached hydrogen (secondary N) is 1. The van der Waals surface area contributed by atoms with Gasteiger partial charge in [0.2, 0.25) is 0 Å². The molecule has 1 fully saturated rings. The minimum Gasteiger partial charge on any atom is -0.316 e. The third kappa shape index (κ3) is 4.10. The van der Waals surface area contributed by atoms with E-state index < -0.39 is 0 Å². The van der Waals surface area contributed by atoms with Gasteiger partial charge in [-0.2, -0.15) is 0 Å². The van der Waals surface area contributed by atoms with Gasteiger partial charge in [-0.25, -0.2) is 0 Å². The Morgan fingerprint density at radius 3 is 2.24 bits per heavy atom. The second-order valence-electron chi connectivity index (χ2n) is 7.16. The molecular formula is C20H33N. The zero-order valence-electron chi connectivity index (χ0n) is 14.3. The van der Waals surface area contributed by atoms with Crippen molar-refractivity contribution < 1.29 is 0 Å². The van der Waals surface area contributed by atoms with E-state index in [0.29, 0.717) is 12.0 Å². The molecule has 1 aromatic carbocycles. The molecule has 0 aromatic heterocycles. The van der Waals surface area contributed by atoms with Crippen molar-refractivity contribution in [1.82, 2.24) is 5.32 Å². The van der Waals surface area contributed by atoms with Crippen LogP contribution in [-0.2, 0) is 0 Å². The molecule has 21 heavy (non-hydrogen) atoms. The highest BCUT2D eigenvalue weighted by atomic mass is 14.9. The van der Waals surface area contributed by atoms with Crippen LogP contribution in [0.2, 0.25) is 0 Å². The number of likely N-dealkylation sites (N-methyl/N-ethyl adjacent to an activating group) is 1. The molecule has 0 radical (unpaired) electrons. The average molecular weight is 287 g/mol. The molecule has 1 N–H and O–H groups in total. The molecule has 0 spiro atoms. The number of rotatable bonds is 6. The Hall–Kier alpha value is -0.820. The summed E-state index contributed by atoms with van der Waals surface area (Å²) >= 11 is 0.